The van der Waals surface area contributed by atoms with E-state index in [1.807, 2.05) is 18.2 Å². The summed E-state index contributed by atoms with van der Waals surface area (Å²) in [6.07, 6.45) is 8.37. The van der Waals surface area contributed by atoms with Gasteiger partial charge in [-0.15, -0.1) is 0 Å². The molecule has 1 aliphatic carbocycles. The summed E-state index contributed by atoms with van der Waals surface area (Å²) < 4.78 is 6.40. The van der Waals surface area contributed by atoms with E-state index in [9.17, 15) is 5.11 Å². The third-order valence-corrected chi connectivity index (χ3v) is 5.31. The average molecular weight is 355 g/mol. The van der Waals surface area contributed by atoms with E-state index in [1.54, 1.807) is 7.11 Å². The molecule has 0 spiro atoms. The minimum atomic E-state index is -0.412. The summed E-state index contributed by atoms with van der Waals surface area (Å²) in [7, 11) is 1.67. The van der Waals surface area contributed by atoms with Crippen molar-refractivity contribution in [2.45, 2.75) is 58.0 Å². The molecular formula is C18H27BrO2. The number of methoxy groups -OCH3 is 1. The topological polar surface area (TPSA) is 29.5 Å². The van der Waals surface area contributed by atoms with Crippen molar-refractivity contribution in [3.63, 3.8) is 0 Å². The van der Waals surface area contributed by atoms with Crippen LogP contribution in [0, 0.1) is 11.8 Å². The highest BCUT2D eigenvalue weighted by Gasteiger charge is 2.28. The fraction of sp³-hybridized carbons (Fsp3) is 0.667. The van der Waals surface area contributed by atoms with Crippen LogP contribution in [0.5, 0.6) is 5.75 Å². The molecule has 0 radical (unpaired) electrons. The summed E-state index contributed by atoms with van der Waals surface area (Å²) in [5.41, 5.74) is 0.920. The number of halogens is 1. The molecule has 21 heavy (non-hydrogen) atoms. The molecule has 2 rings (SSSR count). The van der Waals surface area contributed by atoms with Gasteiger partial charge in [0.1, 0.15) is 5.75 Å². The van der Waals surface area contributed by atoms with Crippen molar-refractivity contribution in [1.29, 1.82) is 0 Å². The molecule has 0 saturated heterocycles. The van der Waals surface area contributed by atoms with Crippen LogP contribution in [0.4, 0.5) is 0 Å². The second-order valence-electron chi connectivity index (χ2n) is 6.25. The predicted octanol–water partition coefficient (Wildman–Crippen LogP) is 5.49. The fourth-order valence-electron chi connectivity index (χ4n) is 3.48. The van der Waals surface area contributed by atoms with E-state index in [2.05, 4.69) is 22.9 Å². The van der Waals surface area contributed by atoms with Gasteiger partial charge in [-0.05, 0) is 42.9 Å². The zero-order valence-electron chi connectivity index (χ0n) is 13.1. The molecule has 1 aliphatic rings. The number of hydrogen-bond donors (Lipinski definition) is 1. The Morgan fingerprint density at radius 1 is 1.29 bits per heavy atom. The van der Waals surface area contributed by atoms with Crippen molar-refractivity contribution in [3.8, 4) is 5.75 Å². The van der Waals surface area contributed by atoms with E-state index in [4.69, 9.17) is 4.74 Å². The Hall–Kier alpha value is -0.540. The number of ether oxygens (including phenoxy) is 1. The molecule has 3 heteroatoms. The van der Waals surface area contributed by atoms with E-state index in [-0.39, 0.29) is 0 Å². The first-order valence-electron chi connectivity index (χ1n) is 8.17. The van der Waals surface area contributed by atoms with Crippen LogP contribution >= 0.6 is 15.9 Å². The molecule has 1 atom stereocenters. The lowest BCUT2D eigenvalue weighted by molar-refractivity contribution is 0.0699. The molecule has 0 aliphatic heterocycles. The molecule has 2 nitrogen and oxygen atoms in total. The normalized spacial score (nSPS) is 23.8. The molecule has 1 aromatic rings. The molecule has 0 bridgehead atoms. The maximum Gasteiger partial charge on any atom is 0.124 e. The van der Waals surface area contributed by atoms with Crippen molar-refractivity contribution in [2.75, 3.05) is 7.11 Å². The van der Waals surface area contributed by atoms with Gasteiger partial charge in [0.2, 0.25) is 0 Å². The van der Waals surface area contributed by atoms with E-state index >= 15 is 0 Å². The van der Waals surface area contributed by atoms with Gasteiger partial charge in [0, 0.05) is 10.0 Å². The monoisotopic (exact) mass is 354 g/mol. The lowest BCUT2D eigenvalue weighted by Crippen LogP contribution is -2.21. The largest absolute Gasteiger partial charge is 0.496 e. The van der Waals surface area contributed by atoms with Crippen LogP contribution in [0.3, 0.4) is 0 Å². The summed E-state index contributed by atoms with van der Waals surface area (Å²) in [6.45, 7) is 2.26. The Bertz CT molecular complexity index is 439. The smallest absolute Gasteiger partial charge is 0.124 e. The number of hydrogen-bond acceptors (Lipinski definition) is 2. The number of aliphatic hydroxyl groups is 1. The summed E-state index contributed by atoms with van der Waals surface area (Å²) in [6, 6.07) is 5.87. The number of rotatable bonds is 6. The first-order valence-corrected chi connectivity index (χ1v) is 8.96. The number of aliphatic hydroxyl groups excluding tert-OH is 1. The van der Waals surface area contributed by atoms with E-state index in [0.29, 0.717) is 5.92 Å². The molecule has 1 saturated carbocycles. The molecular weight excluding hydrogens is 328 g/mol. The van der Waals surface area contributed by atoms with Gasteiger partial charge in [-0.2, -0.15) is 0 Å². The van der Waals surface area contributed by atoms with Crippen LogP contribution in [0.2, 0.25) is 0 Å². The second-order valence-corrected chi connectivity index (χ2v) is 7.17. The van der Waals surface area contributed by atoms with Gasteiger partial charge < -0.3 is 9.84 Å². The van der Waals surface area contributed by atoms with Crippen LogP contribution < -0.4 is 4.74 Å². The van der Waals surface area contributed by atoms with Crippen molar-refractivity contribution in [1.82, 2.24) is 0 Å². The molecule has 0 amide bonds. The van der Waals surface area contributed by atoms with E-state index in [1.165, 1.54) is 32.1 Å². The van der Waals surface area contributed by atoms with Crippen molar-refractivity contribution < 1.29 is 9.84 Å². The highest BCUT2D eigenvalue weighted by atomic mass is 79.9. The third kappa shape index (κ3) is 4.46. The summed E-state index contributed by atoms with van der Waals surface area (Å²) in [5.74, 6) is 2.03. The third-order valence-electron chi connectivity index (χ3n) is 4.81. The standard InChI is InChI=1S/C18H27BrO2/c1-3-4-5-13-6-8-14(9-7-13)18(20)16-12-15(19)10-11-17(16)21-2/h10-14,18,20H,3-9H2,1-2H3. The molecule has 118 valence electrons. The maximum absolute atomic E-state index is 10.7. The first kappa shape index (κ1) is 16.8. The van der Waals surface area contributed by atoms with Gasteiger partial charge in [0.05, 0.1) is 13.2 Å². The first-order chi connectivity index (χ1) is 10.2. The highest BCUT2D eigenvalue weighted by Crippen LogP contribution is 2.41. The lowest BCUT2D eigenvalue weighted by Gasteiger charge is -2.32. The van der Waals surface area contributed by atoms with Crippen molar-refractivity contribution >= 4 is 15.9 Å². The summed E-state index contributed by atoms with van der Waals surface area (Å²) in [4.78, 5) is 0. The van der Waals surface area contributed by atoms with Gasteiger partial charge in [0.25, 0.3) is 0 Å². The van der Waals surface area contributed by atoms with E-state index in [0.717, 1.165) is 34.5 Å². The molecule has 1 fully saturated rings. The minimum Gasteiger partial charge on any atom is -0.496 e. The average Bonchev–Trinajstić information content (AvgIpc) is 2.52. The number of unbranched alkanes of at least 4 members (excludes halogenated alkanes) is 1. The Morgan fingerprint density at radius 3 is 2.62 bits per heavy atom. The summed E-state index contributed by atoms with van der Waals surface area (Å²) in [5, 5.41) is 10.7. The van der Waals surface area contributed by atoms with Gasteiger partial charge in [-0.25, -0.2) is 0 Å². The van der Waals surface area contributed by atoms with Crippen molar-refractivity contribution in [3.05, 3.63) is 28.2 Å². The number of benzene rings is 1. The Kier molecular flexibility index (Phi) is 6.56. The molecule has 1 unspecified atom stereocenters. The summed E-state index contributed by atoms with van der Waals surface area (Å²) >= 11 is 3.49. The fourth-order valence-corrected chi connectivity index (χ4v) is 3.85. The van der Waals surface area contributed by atoms with Crippen LogP contribution in [-0.2, 0) is 0 Å². The van der Waals surface area contributed by atoms with Crippen LogP contribution in [0.1, 0.15) is 63.5 Å². The Labute approximate surface area is 137 Å². The van der Waals surface area contributed by atoms with Gasteiger partial charge in [0.15, 0.2) is 0 Å². The molecule has 1 N–H and O–H groups in total. The molecule has 0 heterocycles. The quantitative estimate of drug-likeness (QED) is 0.731. The predicted molar refractivity (Wildman–Crippen MR) is 90.6 cm³/mol. The van der Waals surface area contributed by atoms with Gasteiger partial charge in [-0.3, -0.25) is 0 Å². The highest BCUT2D eigenvalue weighted by molar-refractivity contribution is 9.10. The zero-order chi connectivity index (χ0) is 15.2. The SMILES string of the molecule is CCCCC1CCC(C(O)c2cc(Br)ccc2OC)CC1. The van der Waals surface area contributed by atoms with Crippen molar-refractivity contribution in [2.24, 2.45) is 11.8 Å². The van der Waals surface area contributed by atoms with E-state index < -0.39 is 6.10 Å². The molecule has 0 aromatic heterocycles. The van der Waals surface area contributed by atoms with Crippen LogP contribution in [-0.4, -0.2) is 12.2 Å². The Balaban J connectivity index is 1.98. The second kappa shape index (κ2) is 8.19. The van der Waals surface area contributed by atoms with Gasteiger partial charge in [-0.1, -0.05) is 55.0 Å². The van der Waals surface area contributed by atoms with Gasteiger partial charge >= 0.3 is 0 Å². The minimum absolute atomic E-state index is 0.367. The Morgan fingerprint density at radius 2 is 2.00 bits per heavy atom. The van der Waals surface area contributed by atoms with Crippen LogP contribution in [0.25, 0.3) is 0 Å². The van der Waals surface area contributed by atoms with Crippen LogP contribution in [0.15, 0.2) is 22.7 Å². The lowest BCUT2D eigenvalue weighted by atomic mass is 9.76. The maximum atomic E-state index is 10.7. The zero-order valence-corrected chi connectivity index (χ0v) is 14.7. The molecule has 1 aromatic carbocycles.